The van der Waals surface area contributed by atoms with Crippen molar-refractivity contribution in [3.8, 4) is 0 Å². The largest absolute Gasteiger partial charge is 0.370 e. The number of nitrogens with zero attached hydrogens (tertiary/aromatic N) is 2. The van der Waals surface area contributed by atoms with E-state index in [9.17, 15) is 4.79 Å². The van der Waals surface area contributed by atoms with Crippen LogP contribution in [0.25, 0.3) is 10.9 Å². The van der Waals surface area contributed by atoms with E-state index in [4.69, 9.17) is 5.73 Å². The predicted octanol–water partition coefficient (Wildman–Crippen LogP) is 2.99. The maximum atomic E-state index is 11.5. The van der Waals surface area contributed by atoms with Crippen LogP contribution in [-0.2, 0) is 4.79 Å². The van der Waals surface area contributed by atoms with E-state index in [0.29, 0.717) is 6.42 Å². The number of hydrogen-bond donors (Lipinski definition) is 2. The van der Waals surface area contributed by atoms with Gasteiger partial charge in [0.15, 0.2) is 0 Å². The Morgan fingerprint density at radius 2 is 2.09 bits per heavy atom. The summed E-state index contributed by atoms with van der Waals surface area (Å²) in [7, 11) is 0. The fourth-order valence-electron chi connectivity index (χ4n) is 3.33. The molecule has 0 bridgehead atoms. The first-order valence-corrected chi connectivity index (χ1v) is 7.58. The monoisotopic (exact) mass is 308 g/mol. The zero-order chi connectivity index (χ0) is 16.4. The summed E-state index contributed by atoms with van der Waals surface area (Å²) in [6.45, 7) is 4.13. The van der Waals surface area contributed by atoms with Crippen LogP contribution in [0.2, 0.25) is 0 Å². The van der Waals surface area contributed by atoms with Gasteiger partial charge in [0.2, 0.25) is 5.91 Å². The second-order valence-electron chi connectivity index (χ2n) is 6.57. The van der Waals surface area contributed by atoms with Gasteiger partial charge in [-0.3, -0.25) is 14.9 Å². The summed E-state index contributed by atoms with van der Waals surface area (Å²) in [5.74, 6) is -0.281. The van der Waals surface area contributed by atoms with E-state index in [0.717, 1.165) is 22.0 Å². The first-order chi connectivity index (χ1) is 11.0. The summed E-state index contributed by atoms with van der Waals surface area (Å²) in [5.41, 5.74) is 8.34. The molecule has 23 heavy (non-hydrogen) atoms. The van der Waals surface area contributed by atoms with Gasteiger partial charge in [-0.1, -0.05) is 26.0 Å². The van der Waals surface area contributed by atoms with Crippen LogP contribution in [0, 0.1) is 5.41 Å². The molecule has 3 N–H and O–H groups in total. The van der Waals surface area contributed by atoms with Gasteiger partial charge in [0, 0.05) is 30.1 Å². The zero-order valence-electron chi connectivity index (χ0n) is 13.3. The number of primary amides is 1. The number of carbonyl (C=O) groups excluding carboxylic acids is 1. The molecule has 0 aliphatic rings. The third kappa shape index (κ3) is 3.08. The molecule has 1 amide bonds. The number of nitrogens with one attached hydrogen (secondary N) is 1. The Balaban J connectivity index is 2.12. The van der Waals surface area contributed by atoms with E-state index >= 15 is 0 Å². The first kappa shape index (κ1) is 15.2. The number of rotatable bonds is 5. The van der Waals surface area contributed by atoms with Gasteiger partial charge < -0.3 is 5.73 Å². The Labute approximate surface area is 134 Å². The highest BCUT2D eigenvalue weighted by Crippen LogP contribution is 2.43. The second kappa shape index (κ2) is 5.83. The highest BCUT2D eigenvalue weighted by Gasteiger charge is 2.34. The number of pyridine rings is 1. The number of nitrogens with two attached hydrogens (primary N) is 1. The molecule has 118 valence electrons. The molecular formula is C18H20N4O. The summed E-state index contributed by atoms with van der Waals surface area (Å²) in [6.07, 6.45) is 5.71. The normalized spacial score (nSPS) is 13.1. The van der Waals surface area contributed by atoms with Crippen molar-refractivity contribution in [3.05, 3.63) is 60.0 Å². The average Bonchev–Trinajstić information content (AvgIpc) is 2.94. The number of carbonyl (C=O) groups is 1. The molecule has 1 atom stereocenters. The zero-order valence-corrected chi connectivity index (χ0v) is 13.3. The molecular weight excluding hydrogens is 288 g/mol. The molecule has 2 heterocycles. The lowest BCUT2D eigenvalue weighted by Crippen LogP contribution is -2.29. The smallest absolute Gasteiger partial charge is 0.217 e. The molecule has 5 nitrogen and oxygen atoms in total. The molecule has 0 saturated carbocycles. The number of H-pyrrole nitrogens is 1. The lowest BCUT2D eigenvalue weighted by atomic mass is 9.69. The van der Waals surface area contributed by atoms with Gasteiger partial charge in [0.05, 0.1) is 11.7 Å². The minimum atomic E-state index is -0.327. The van der Waals surface area contributed by atoms with Gasteiger partial charge >= 0.3 is 0 Å². The highest BCUT2D eigenvalue weighted by molar-refractivity contribution is 5.79. The van der Waals surface area contributed by atoms with Gasteiger partial charge in [0.25, 0.3) is 0 Å². The van der Waals surface area contributed by atoms with Gasteiger partial charge in [-0.2, -0.15) is 5.10 Å². The molecule has 3 rings (SSSR count). The van der Waals surface area contributed by atoms with Gasteiger partial charge in [-0.05, 0) is 34.7 Å². The molecule has 1 aromatic carbocycles. The van der Waals surface area contributed by atoms with Gasteiger partial charge in [-0.15, -0.1) is 0 Å². The summed E-state index contributed by atoms with van der Waals surface area (Å²) in [6, 6.07) is 10.2. The van der Waals surface area contributed by atoms with E-state index in [-0.39, 0.29) is 17.2 Å². The van der Waals surface area contributed by atoms with Crippen LogP contribution in [0.1, 0.15) is 37.3 Å². The summed E-state index contributed by atoms with van der Waals surface area (Å²) < 4.78 is 0. The lowest BCUT2D eigenvalue weighted by molar-refractivity contribution is -0.120. The minimum Gasteiger partial charge on any atom is -0.370 e. The maximum absolute atomic E-state index is 11.5. The molecule has 0 aliphatic carbocycles. The molecule has 2 aromatic heterocycles. The fraction of sp³-hybridized carbons (Fsp3) is 0.278. The third-order valence-electron chi connectivity index (χ3n) is 4.23. The van der Waals surface area contributed by atoms with Crippen LogP contribution in [0.15, 0.2) is 48.9 Å². The van der Waals surface area contributed by atoms with Gasteiger partial charge in [-0.25, -0.2) is 0 Å². The summed E-state index contributed by atoms with van der Waals surface area (Å²) in [4.78, 5) is 15.8. The van der Waals surface area contributed by atoms with Crippen molar-refractivity contribution in [3.63, 3.8) is 0 Å². The van der Waals surface area contributed by atoms with E-state index in [1.54, 1.807) is 12.4 Å². The predicted molar refractivity (Wildman–Crippen MR) is 89.8 cm³/mol. The molecule has 0 saturated heterocycles. The Morgan fingerprint density at radius 3 is 2.78 bits per heavy atom. The van der Waals surface area contributed by atoms with E-state index in [2.05, 4.69) is 41.2 Å². The highest BCUT2D eigenvalue weighted by atomic mass is 16.1. The lowest BCUT2D eigenvalue weighted by Gasteiger charge is -2.34. The number of hydrogen-bond acceptors (Lipinski definition) is 3. The number of aromatic nitrogens is 3. The Bertz CT molecular complexity index is 823. The summed E-state index contributed by atoms with van der Waals surface area (Å²) in [5, 5.41) is 8.08. The quantitative estimate of drug-likeness (QED) is 0.760. The van der Waals surface area contributed by atoms with Crippen molar-refractivity contribution >= 4 is 16.8 Å². The van der Waals surface area contributed by atoms with Crippen LogP contribution in [-0.4, -0.2) is 21.1 Å². The van der Waals surface area contributed by atoms with Crippen LogP contribution < -0.4 is 5.73 Å². The fourth-order valence-corrected chi connectivity index (χ4v) is 3.33. The van der Waals surface area contributed by atoms with E-state index in [1.807, 2.05) is 24.4 Å². The molecule has 0 fully saturated rings. The van der Waals surface area contributed by atoms with Crippen LogP contribution in [0.4, 0.5) is 0 Å². The van der Waals surface area contributed by atoms with Crippen molar-refractivity contribution in [2.45, 2.75) is 26.2 Å². The number of amides is 1. The molecule has 0 radical (unpaired) electrons. The topological polar surface area (TPSA) is 84.7 Å². The Kier molecular flexibility index (Phi) is 3.86. The number of benzene rings is 1. The van der Waals surface area contributed by atoms with E-state index < -0.39 is 0 Å². The molecule has 3 aromatic rings. The van der Waals surface area contributed by atoms with Crippen molar-refractivity contribution in [1.29, 1.82) is 0 Å². The first-order valence-electron chi connectivity index (χ1n) is 7.58. The summed E-state index contributed by atoms with van der Waals surface area (Å²) >= 11 is 0. The number of aromatic amines is 1. The Hall–Kier alpha value is -2.69. The Morgan fingerprint density at radius 1 is 1.26 bits per heavy atom. The van der Waals surface area contributed by atoms with Crippen molar-refractivity contribution in [2.24, 2.45) is 11.1 Å². The van der Waals surface area contributed by atoms with Crippen molar-refractivity contribution in [1.82, 2.24) is 15.2 Å². The molecule has 0 aliphatic heterocycles. The van der Waals surface area contributed by atoms with Crippen LogP contribution in [0.5, 0.6) is 0 Å². The molecule has 1 unspecified atom stereocenters. The van der Waals surface area contributed by atoms with Crippen molar-refractivity contribution < 1.29 is 4.79 Å². The van der Waals surface area contributed by atoms with Crippen LogP contribution >= 0.6 is 0 Å². The SMILES string of the molecule is CC(C)(CC(N)=O)C(c1cccnc1)c1ccc2[nH]ncc2c1. The third-order valence-corrected chi connectivity index (χ3v) is 4.23. The average molecular weight is 308 g/mol. The standard InChI is InChI=1S/C18H20N4O/c1-18(2,9-16(19)23)17(13-4-3-7-20-10-13)12-5-6-15-14(8-12)11-21-22-15/h3-8,10-11,17H,9H2,1-2H3,(H2,19,23)(H,21,22). The van der Waals surface area contributed by atoms with Crippen molar-refractivity contribution in [2.75, 3.05) is 0 Å². The van der Waals surface area contributed by atoms with E-state index in [1.165, 1.54) is 0 Å². The minimum absolute atomic E-state index is 0.0167. The van der Waals surface area contributed by atoms with Gasteiger partial charge in [0.1, 0.15) is 0 Å². The van der Waals surface area contributed by atoms with Crippen LogP contribution in [0.3, 0.4) is 0 Å². The maximum Gasteiger partial charge on any atom is 0.217 e. The molecule has 0 spiro atoms. The molecule has 5 heteroatoms. The number of fused-ring (bicyclic) bond motifs is 1. The second-order valence-corrected chi connectivity index (χ2v) is 6.57.